The van der Waals surface area contributed by atoms with Gasteiger partial charge < -0.3 is 15.0 Å². The van der Waals surface area contributed by atoms with Gasteiger partial charge in [0.2, 0.25) is 5.91 Å². The van der Waals surface area contributed by atoms with Crippen LogP contribution in [-0.2, 0) is 17.9 Å². The summed E-state index contributed by atoms with van der Waals surface area (Å²) in [6.45, 7) is 5.59. The second-order valence-corrected chi connectivity index (χ2v) is 6.84. The number of piperidine rings is 1. The molecular formula is C19H27N5O2. The number of carbonyl (C=O) groups is 1. The van der Waals surface area contributed by atoms with Gasteiger partial charge in [0.05, 0.1) is 12.7 Å². The average molecular weight is 357 g/mol. The minimum Gasteiger partial charge on any atom is -0.488 e. The third-order valence-corrected chi connectivity index (χ3v) is 4.76. The summed E-state index contributed by atoms with van der Waals surface area (Å²) in [5, 5.41) is 0. The quantitative estimate of drug-likeness (QED) is 0.779. The summed E-state index contributed by atoms with van der Waals surface area (Å²) in [5.41, 5.74) is 5.48. The van der Waals surface area contributed by atoms with Crippen molar-refractivity contribution in [1.29, 1.82) is 0 Å². The highest BCUT2D eigenvalue weighted by Gasteiger charge is 2.32. The summed E-state index contributed by atoms with van der Waals surface area (Å²) in [5.74, 6) is 1.58. The van der Waals surface area contributed by atoms with Crippen LogP contribution in [0.4, 0.5) is 0 Å². The summed E-state index contributed by atoms with van der Waals surface area (Å²) in [4.78, 5) is 22.5. The van der Waals surface area contributed by atoms with Crippen LogP contribution in [0.5, 0.6) is 5.75 Å². The lowest BCUT2D eigenvalue weighted by molar-refractivity contribution is -0.120. The molecule has 3 rings (SSSR count). The van der Waals surface area contributed by atoms with Gasteiger partial charge in [-0.15, -0.1) is 0 Å². The number of likely N-dealkylation sites (tertiary alicyclic amines) is 1. The number of nitrogens with two attached hydrogens (primary N) is 1. The van der Waals surface area contributed by atoms with E-state index in [4.69, 9.17) is 10.5 Å². The van der Waals surface area contributed by atoms with Gasteiger partial charge in [0.25, 0.3) is 0 Å². The van der Waals surface area contributed by atoms with Crippen molar-refractivity contribution in [3.05, 3.63) is 42.7 Å². The van der Waals surface area contributed by atoms with Crippen molar-refractivity contribution in [3.63, 3.8) is 0 Å². The van der Waals surface area contributed by atoms with Crippen molar-refractivity contribution in [2.75, 3.05) is 13.1 Å². The first kappa shape index (κ1) is 18.4. The lowest BCUT2D eigenvalue weighted by Crippen LogP contribution is -2.46. The number of pyridine rings is 1. The predicted molar refractivity (Wildman–Crippen MR) is 98.4 cm³/mol. The van der Waals surface area contributed by atoms with Gasteiger partial charge in [0.15, 0.2) is 0 Å². The molecule has 7 nitrogen and oxygen atoms in total. The van der Waals surface area contributed by atoms with Gasteiger partial charge in [0, 0.05) is 50.6 Å². The van der Waals surface area contributed by atoms with E-state index >= 15 is 0 Å². The highest BCUT2D eigenvalue weighted by Crippen LogP contribution is 2.26. The van der Waals surface area contributed by atoms with Crippen LogP contribution >= 0.6 is 0 Å². The molecule has 1 saturated heterocycles. The van der Waals surface area contributed by atoms with Crippen LogP contribution in [0.2, 0.25) is 0 Å². The maximum absolute atomic E-state index is 11.5. The first-order valence-corrected chi connectivity index (χ1v) is 9.23. The third kappa shape index (κ3) is 4.82. The molecule has 0 aromatic carbocycles. The lowest BCUT2D eigenvalue weighted by atomic mass is 9.91. The number of aryl methyl sites for hydroxylation is 1. The Morgan fingerprint density at radius 1 is 1.42 bits per heavy atom. The number of nitrogens with zero attached hydrogens (tertiary/aromatic N) is 4. The zero-order valence-electron chi connectivity index (χ0n) is 15.3. The van der Waals surface area contributed by atoms with E-state index in [2.05, 4.69) is 26.4 Å². The van der Waals surface area contributed by atoms with Crippen LogP contribution in [0.15, 0.2) is 36.9 Å². The molecule has 0 unspecified atom stereocenters. The van der Waals surface area contributed by atoms with E-state index in [0.29, 0.717) is 6.42 Å². The zero-order valence-corrected chi connectivity index (χ0v) is 15.3. The van der Waals surface area contributed by atoms with Gasteiger partial charge in [-0.25, -0.2) is 4.98 Å². The number of aromatic nitrogens is 3. The van der Waals surface area contributed by atoms with Crippen LogP contribution in [-0.4, -0.2) is 44.5 Å². The Labute approximate surface area is 154 Å². The Bertz CT molecular complexity index is 703. The van der Waals surface area contributed by atoms with E-state index < -0.39 is 0 Å². The van der Waals surface area contributed by atoms with Crippen LogP contribution in [0.3, 0.4) is 0 Å². The summed E-state index contributed by atoms with van der Waals surface area (Å²) in [7, 11) is 0. The molecule has 1 amide bonds. The Morgan fingerprint density at radius 2 is 2.31 bits per heavy atom. The molecule has 1 aliphatic heterocycles. The predicted octanol–water partition coefficient (Wildman–Crippen LogP) is 1.83. The second kappa shape index (κ2) is 8.80. The van der Waals surface area contributed by atoms with Crippen molar-refractivity contribution in [1.82, 2.24) is 19.4 Å². The first-order chi connectivity index (χ1) is 12.7. The molecule has 2 N–H and O–H groups in total. The Kier molecular flexibility index (Phi) is 6.22. The van der Waals surface area contributed by atoms with E-state index in [1.807, 2.05) is 24.5 Å². The van der Waals surface area contributed by atoms with E-state index in [1.165, 1.54) is 0 Å². The van der Waals surface area contributed by atoms with E-state index in [1.54, 1.807) is 12.4 Å². The van der Waals surface area contributed by atoms with Crippen molar-refractivity contribution >= 4 is 5.91 Å². The normalized spacial score (nSPS) is 20.8. The molecule has 1 aliphatic rings. The molecule has 0 bridgehead atoms. The third-order valence-electron chi connectivity index (χ3n) is 4.76. The zero-order chi connectivity index (χ0) is 18.4. The van der Waals surface area contributed by atoms with Gasteiger partial charge in [-0.1, -0.05) is 6.92 Å². The maximum Gasteiger partial charge on any atom is 0.217 e. The second-order valence-electron chi connectivity index (χ2n) is 6.84. The fourth-order valence-electron chi connectivity index (χ4n) is 3.57. The molecule has 7 heteroatoms. The van der Waals surface area contributed by atoms with Gasteiger partial charge >= 0.3 is 0 Å². The van der Waals surface area contributed by atoms with Crippen LogP contribution in [0, 0.1) is 5.92 Å². The van der Waals surface area contributed by atoms with Gasteiger partial charge in [-0.3, -0.25) is 14.7 Å². The van der Waals surface area contributed by atoms with Crippen molar-refractivity contribution in [2.24, 2.45) is 11.7 Å². The molecule has 26 heavy (non-hydrogen) atoms. The average Bonchev–Trinajstić information content (AvgIpc) is 3.05. The molecule has 1 fully saturated rings. The number of carbonyl (C=O) groups excluding carboxylic acids is 1. The van der Waals surface area contributed by atoms with Crippen LogP contribution in [0.25, 0.3) is 0 Å². The highest BCUT2D eigenvalue weighted by molar-refractivity contribution is 5.74. The van der Waals surface area contributed by atoms with Crippen molar-refractivity contribution in [3.8, 4) is 5.75 Å². The summed E-state index contributed by atoms with van der Waals surface area (Å²) in [6, 6.07) is 3.74. The maximum atomic E-state index is 11.5. The first-order valence-electron chi connectivity index (χ1n) is 9.23. The van der Waals surface area contributed by atoms with E-state index in [-0.39, 0.29) is 17.9 Å². The van der Waals surface area contributed by atoms with Gasteiger partial charge in [0.1, 0.15) is 17.7 Å². The number of primary amides is 1. The highest BCUT2D eigenvalue weighted by atomic mass is 16.5. The van der Waals surface area contributed by atoms with E-state index in [9.17, 15) is 4.79 Å². The molecule has 2 aromatic rings. The molecule has 2 aromatic heterocycles. The summed E-state index contributed by atoms with van der Waals surface area (Å²) < 4.78 is 8.29. The van der Waals surface area contributed by atoms with Crippen molar-refractivity contribution in [2.45, 2.75) is 45.4 Å². The Morgan fingerprint density at radius 3 is 3.04 bits per heavy atom. The van der Waals surface area contributed by atoms with Crippen LogP contribution < -0.4 is 10.5 Å². The monoisotopic (exact) mass is 357 g/mol. The Balaban J connectivity index is 1.65. The largest absolute Gasteiger partial charge is 0.488 e. The van der Waals surface area contributed by atoms with E-state index in [0.717, 1.165) is 50.6 Å². The van der Waals surface area contributed by atoms with Gasteiger partial charge in [-0.2, -0.15) is 0 Å². The lowest BCUT2D eigenvalue weighted by Gasteiger charge is -2.38. The number of ether oxygens (including phenoxy) is 1. The fraction of sp³-hybridized carbons (Fsp3) is 0.526. The number of imidazole rings is 1. The van der Waals surface area contributed by atoms with Crippen LogP contribution in [0.1, 0.15) is 32.0 Å². The summed E-state index contributed by atoms with van der Waals surface area (Å²) in [6.07, 6.45) is 9.52. The summed E-state index contributed by atoms with van der Waals surface area (Å²) >= 11 is 0. The number of rotatable bonds is 8. The number of hydrogen-bond acceptors (Lipinski definition) is 5. The molecule has 140 valence electrons. The minimum absolute atomic E-state index is 0.0293. The molecule has 0 spiro atoms. The Hall–Kier alpha value is -2.41. The smallest absolute Gasteiger partial charge is 0.217 e. The molecule has 0 aliphatic carbocycles. The molecule has 3 heterocycles. The van der Waals surface area contributed by atoms with Gasteiger partial charge in [-0.05, 0) is 25.0 Å². The molecule has 0 saturated carbocycles. The number of hydrogen-bond donors (Lipinski definition) is 1. The molecule has 2 atom stereocenters. The number of amides is 1. The standard InChI is InChI=1S/C19H27N5O2/c1-2-8-24-10-7-22-19(24)14-23-9-5-17(15(13-23)11-18(20)25)26-16-4-3-6-21-12-16/h3-4,6-7,10,12,15,17H,2,5,8-9,11,13-14H2,1H3,(H2,20,25)/t15-,17-/m1/s1. The molecule has 0 radical (unpaired) electrons. The topological polar surface area (TPSA) is 86.3 Å². The molecular weight excluding hydrogens is 330 g/mol. The fourth-order valence-corrected chi connectivity index (χ4v) is 3.57. The SMILES string of the molecule is CCCn1ccnc1CN1CC[C@@H](Oc2cccnc2)[C@H](CC(N)=O)C1. The minimum atomic E-state index is -0.288. The van der Waals surface area contributed by atoms with Crippen molar-refractivity contribution < 1.29 is 9.53 Å².